The zero-order valence-corrected chi connectivity index (χ0v) is 33.7. The monoisotopic (exact) mass is 772 g/mol. The first kappa shape index (κ1) is 40.2. The summed E-state index contributed by atoms with van der Waals surface area (Å²) in [5.74, 6) is -0.826. The lowest BCUT2D eigenvalue weighted by atomic mass is 9.90. The lowest BCUT2D eigenvalue weighted by Gasteiger charge is -2.15. The molecular formula is C50H52N4O4. The Morgan fingerprint density at radius 2 is 1.02 bits per heavy atom. The van der Waals surface area contributed by atoms with Crippen molar-refractivity contribution in [2.75, 3.05) is 0 Å². The molecular weight excluding hydrogens is 721 g/mol. The van der Waals surface area contributed by atoms with Crippen LogP contribution in [0.2, 0.25) is 0 Å². The van der Waals surface area contributed by atoms with Crippen LogP contribution >= 0.6 is 0 Å². The molecule has 0 radical (unpaired) electrons. The average molecular weight is 773 g/mol. The van der Waals surface area contributed by atoms with Gasteiger partial charge in [0.1, 0.15) is 0 Å². The number of carboxylic acids is 2. The second-order valence-electron chi connectivity index (χ2n) is 15.9. The highest BCUT2D eigenvalue weighted by Gasteiger charge is 2.25. The van der Waals surface area contributed by atoms with Crippen LogP contribution < -0.4 is 10.6 Å². The highest BCUT2D eigenvalue weighted by molar-refractivity contribution is 5.89. The number of hydrogen-bond acceptors (Lipinski definition) is 6. The van der Waals surface area contributed by atoms with E-state index in [0.29, 0.717) is 35.8 Å². The molecule has 4 heterocycles. The van der Waals surface area contributed by atoms with Gasteiger partial charge in [0.2, 0.25) is 0 Å². The minimum Gasteiger partial charge on any atom is -0.478 e. The van der Waals surface area contributed by atoms with Crippen LogP contribution in [0.25, 0.3) is 22.3 Å². The summed E-state index contributed by atoms with van der Waals surface area (Å²) in [6.07, 6.45) is 9.48. The number of hydrogen-bond donors (Lipinski definition) is 4. The molecule has 4 N–H and O–H groups in total. The van der Waals surface area contributed by atoms with E-state index < -0.39 is 11.9 Å². The Morgan fingerprint density at radius 1 is 0.603 bits per heavy atom. The Morgan fingerprint density at radius 3 is 1.41 bits per heavy atom. The number of nitrogens with zero attached hydrogens (tertiary/aromatic N) is 2. The fourth-order valence-electron chi connectivity index (χ4n) is 8.53. The zero-order valence-electron chi connectivity index (χ0n) is 33.7. The van der Waals surface area contributed by atoms with E-state index in [-0.39, 0.29) is 12.1 Å². The molecule has 58 heavy (non-hydrogen) atoms. The summed E-state index contributed by atoms with van der Waals surface area (Å²) >= 11 is 0. The molecule has 8 rings (SSSR count). The maximum atomic E-state index is 11.4. The minimum absolute atomic E-state index is 0.237. The van der Waals surface area contributed by atoms with Crippen LogP contribution in [0.3, 0.4) is 0 Å². The molecule has 0 unspecified atom stereocenters. The Labute approximate surface area is 341 Å². The molecule has 0 spiro atoms. The van der Waals surface area contributed by atoms with Crippen LogP contribution in [0, 0.1) is 0 Å². The zero-order chi connectivity index (χ0) is 40.8. The van der Waals surface area contributed by atoms with Gasteiger partial charge in [0.25, 0.3) is 0 Å². The van der Waals surface area contributed by atoms with E-state index in [1.807, 2.05) is 0 Å². The van der Waals surface area contributed by atoms with Crippen molar-refractivity contribution in [2.24, 2.45) is 0 Å². The average Bonchev–Trinajstić information content (AvgIpc) is 3.85. The molecule has 8 nitrogen and oxygen atoms in total. The molecule has 6 aromatic rings. The van der Waals surface area contributed by atoms with Gasteiger partial charge in [0.15, 0.2) is 0 Å². The maximum Gasteiger partial charge on any atom is 0.336 e. The molecule has 0 saturated carbocycles. The highest BCUT2D eigenvalue weighted by Crippen LogP contribution is 2.37. The summed E-state index contributed by atoms with van der Waals surface area (Å²) in [6, 6.07) is 34.4. The van der Waals surface area contributed by atoms with E-state index in [0.717, 1.165) is 37.1 Å². The molecule has 2 aromatic heterocycles. The Balaban J connectivity index is 0.000000177. The van der Waals surface area contributed by atoms with Crippen LogP contribution in [0.1, 0.15) is 130 Å². The first-order valence-electron chi connectivity index (χ1n) is 20.3. The first-order valence-corrected chi connectivity index (χ1v) is 20.3. The Bertz CT molecular complexity index is 2250. The Kier molecular flexibility index (Phi) is 12.6. The number of aromatic carboxylic acids is 2. The number of aryl methyl sites for hydroxylation is 2. The maximum absolute atomic E-state index is 11.4. The van der Waals surface area contributed by atoms with Gasteiger partial charge in [-0.15, -0.1) is 0 Å². The number of carbonyl (C=O) groups is 2. The van der Waals surface area contributed by atoms with Gasteiger partial charge in [-0.2, -0.15) is 0 Å². The van der Waals surface area contributed by atoms with Crippen molar-refractivity contribution < 1.29 is 19.8 Å². The summed E-state index contributed by atoms with van der Waals surface area (Å²) in [5.41, 5.74) is 15.4. The van der Waals surface area contributed by atoms with E-state index in [9.17, 15) is 19.8 Å². The third-order valence-electron chi connectivity index (χ3n) is 11.6. The van der Waals surface area contributed by atoms with E-state index in [1.54, 1.807) is 24.5 Å². The van der Waals surface area contributed by atoms with E-state index in [1.165, 1.54) is 68.0 Å². The SMILES string of the molecule is CC(C)c1ccccc1-c1ccc2c(c1)CN[C@@H]2CCc1cnccc1C(=O)O.CC(C)c1ccccc1-c1ccc2c(c1)CN[C@H]2CCc1cnccc1C(=O)O. The predicted molar refractivity (Wildman–Crippen MR) is 230 cm³/mol. The third-order valence-corrected chi connectivity index (χ3v) is 11.6. The lowest BCUT2D eigenvalue weighted by molar-refractivity contribution is 0.0684. The molecule has 0 bridgehead atoms. The van der Waals surface area contributed by atoms with Crippen LogP contribution in [-0.4, -0.2) is 32.1 Å². The number of nitrogens with one attached hydrogen (secondary N) is 2. The van der Waals surface area contributed by atoms with Gasteiger partial charge in [-0.05, 0) is 129 Å². The molecule has 0 saturated heterocycles. The normalized spacial score (nSPS) is 15.5. The second-order valence-corrected chi connectivity index (χ2v) is 15.9. The third kappa shape index (κ3) is 8.94. The summed E-state index contributed by atoms with van der Waals surface area (Å²) < 4.78 is 0. The van der Waals surface area contributed by atoms with Gasteiger partial charge in [0, 0.05) is 50.0 Å². The van der Waals surface area contributed by atoms with E-state index >= 15 is 0 Å². The summed E-state index contributed by atoms with van der Waals surface area (Å²) in [6.45, 7) is 10.6. The van der Waals surface area contributed by atoms with Crippen molar-refractivity contribution in [2.45, 2.75) is 90.4 Å². The largest absolute Gasteiger partial charge is 0.478 e. The minimum atomic E-state index is -0.893. The van der Waals surface area contributed by atoms with Gasteiger partial charge in [-0.1, -0.05) is 100 Å². The van der Waals surface area contributed by atoms with Crippen molar-refractivity contribution in [3.63, 3.8) is 0 Å². The molecule has 2 atom stereocenters. The van der Waals surface area contributed by atoms with Gasteiger partial charge in [0.05, 0.1) is 11.1 Å². The van der Waals surface area contributed by atoms with Crippen LogP contribution in [0.4, 0.5) is 0 Å². The molecule has 0 amide bonds. The molecule has 0 fully saturated rings. The number of benzene rings is 4. The Hall–Kier alpha value is -5.96. The summed E-state index contributed by atoms with van der Waals surface area (Å²) in [4.78, 5) is 31.0. The second kappa shape index (κ2) is 18.1. The fourth-order valence-corrected chi connectivity index (χ4v) is 8.53. The number of rotatable bonds is 12. The number of fused-ring (bicyclic) bond motifs is 2. The van der Waals surface area contributed by atoms with Crippen molar-refractivity contribution in [1.29, 1.82) is 0 Å². The lowest BCUT2D eigenvalue weighted by Crippen LogP contribution is -2.13. The summed E-state index contributed by atoms with van der Waals surface area (Å²) in [5, 5.41) is 25.9. The van der Waals surface area contributed by atoms with Crippen LogP contribution in [0.5, 0.6) is 0 Å². The number of pyridine rings is 2. The molecule has 2 aliphatic rings. The molecule has 296 valence electrons. The van der Waals surface area contributed by atoms with Crippen molar-refractivity contribution in [3.05, 3.63) is 177 Å². The number of carboxylic acid groups (broad SMARTS) is 2. The van der Waals surface area contributed by atoms with Gasteiger partial charge < -0.3 is 20.8 Å². The van der Waals surface area contributed by atoms with Gasteiger partial charge in [-0.3, -0.25) is 9.97 Å². The predicted octanol–water partition coefficient (Wildman–Crippen LogP) is 10.7. The topological polar surface area (TPSA) is 124 Å². The van der Waals surface area contributed by atoms with Crippen molar-refractivity contribution >= 4 is 11.9 Å². The molecule has 2 aliphatic heterocycles. The molecule has 4 aromatic carbocycles. The highest BCUT2D eigenvalue weighted by atomic mass is 16.4. The van der Waals surface area contributed by atoms with E-state index in [2.05, 4.69) is 133 Å². The van der Waals surface area contributed by atoms with E-state index in [4.69, 9.17) is 0 Å². The fraction of sp³-hybridized carbons (Fsp3) is 0.280. The summed E-state index contributed by atoms with van der Waals surface area (Å²) in [7, 11) is 0. The van der Waals surface area contributed by atoms with Crippen LogP contribution in [-0.2, 0) is 25.9 Å². The van der Waals surface area contributed by atoms with Crippen LogP contribution in [0.15, 0.2) is 122 Å². The van der Waals surface area contributed by atoms with Crippen molar-refractivity contribution in [1.82, 2.24) is 20.6 Å². The number of aromatic nitrogens is 2. The van der Waals surface area contributed by atoms with Gasteiger partial charge >= 0.3 is 11.9 Å². The van der Waals surface area contributed by atoms with Crippen molar-refractivity contribution in [3.8, 4) is 22.3 Å². The quantitative estimate of drug-likeness (QED) is 0.0969. The smallest absolute Gasteiger partial charge is 0.336 e. The molecule has 0 aliphatic carbocycles. The first-order chi connectivity index (χ1) is 28.1. The standard InChI is InChI=1S/2C25H26N2O2/c2*1-16(2)20-5-3-4-6-21(20)17-7-9-22-19(13-17)15-27-24(22)10-8-18-14-26-12-11-23(18)25(28)29/h2*3-7,9,11-14,16,24,27H,8,10,15H2,1-2H3,(H,28,29)/t2*24-/m10/s1. The molecule has 8 heteroatoms. The van der Waals surface area contributed by atoms with Gasteiger partial charge in [-0.25, -0.2) is 9.59 Å².